The fourth-order valence-electron chi connectivity index (χ4n) is 8.53. The highest BCUT2D eigenvalue weighted by Crippen LogP contribution is 2.71. The molecule has 3 atom stereocenters. The number of carbonyl (C=O) groups excluding carboxylic acids is 1. The molecule has 1 spiro atoms. The molecule has 208 valence electrons. The first-order valence-electron chi connectivity index (χ1n) is 14.3. The van der Waals surface area contributed by atoms with Gasteiger partial charge in [-0.25, -0.2) is 12.7 Å². The summed E-state index contributed by atoms with van der Waals surface area (Å²) in [6, 6.07) is 17.5. The van der Waals surface area contributed by atoms with Crippen molar-refractivity contribution in [3.8, 4) is 0 Å². The maximum absolute atomic E-state index is 14.0. The Hall–Kier alpha value is -2.48. The first-order valence-corrected chi connectivity index (χ1v) is 16.0. The molecular formula is C32H40N2O4S. The number of benzene rings is 2. The van der Waals surface area contributed by atoms with Crippen molar-refractivity contribution in [2.45, 2.75) is 63.4 Å². The van der Waals surface area contributed by atoms with Gasteiger partial charge in [0.25, 0.3) is 5.91 Å². The average Bonchev–Trinajstić information content (AvgIpc) is 3.45. The van der Waals surface area contributed by atoms with Crippen molar-refractivity contribution in [1.82, 2.24) is 9.62 Å². The van der Waals surface area contributed by atoms with E-state index in [0.29, 0.717) is 44.5 Å². The molecule has 1 aliphatic heterocycles. The molecular weight excluding hydrogens is 508 g/mol. The van der Waals surface area contributed by atoms with Crippen molar-refractivity contribution in [2.24, 2.45) is 16.7 Å². The summed E-state index contributed by atoms with van der Waals surface area (Å²) >= 11 is 0. The van der Waals surface area contributed by atoms with E-state index in [-0.39, 0.29) is 28.4 Å². The minimum absolute atomic E-state index is 0.0357. The summed E-state index contributed by atoms with van der Waals surface area (Å²) in [7, 11) is -3.60. The monoisotopic (exact) mass is 548 g/mol. The summed E-state index contributed by atoms with van der Waals surface area (Å²) in [5, 5.41) is 15.1. The van der Waals surface area contributed by atoms with Gasteiger partial charge in [0.1, 0.15) is 0 Å². The number of sulfonamides is 1. The number of allylic oxidation sites excluding steroid dienone is 1. The second kappa shape index (κ2) is 9.28. The molecule has 39 heavy (non-hydrogen) atoms. The lowest BCUT2D eigenvalue weighted by molar-refractivity contribution is -0.0919. The first-order chi connectivity index (χ1) is 18.5. The number of hydrogen-bond acceptors (Lipinski definition) is 4. The zero-order valence-corrected chi connectivity index (χ0v) is 23.8. The summed E-state index contributed by atoms with van der Waals surface area (Å²) in [6.45, 7) is 5.59. The van der Waals surface area contributed by atoms with E-state index in [1.54, 1.807) is 16.4 Å². The summed E-state index contributed by atoms with van der Waals surface area (Å²) in [5.41, 5.74) is 0.866. The van der Waals surface area contributed by atoms with E-state index in [2.05, 4.69) is 49.5 Å². The van der Waals surface area contributed by atoms with Crippen molar-refractivity contribution >= 4 is 22.0 Å². The molecule has 6 rings (SSSR count). The molecule has 6 nitrogen and oxygen atoms in total. The van der Waals surface area contributed by atoms with E-state index in [1.165, 1.54) is 11.1 Å². The lowest BCUT2D eigenvalue weighted by Gasteiger charge is -2.49. The van der Waals surface area contributed by atoms with Crippen LogP contribution in [0.4, 0.5) is 0 Å². The van der Waals surface area contributed by atoms with Gasteiger partial charge in [-0.15, -0.1) is 0 Å². The molecule has 7 heteroatoms. The van der Waals surface area contributed by atoms with Gasteiger partial charge in [0, 0.05) is 36.0 Å². The van der Waals surface area contributed by atoms with Crippen LogP contribution in [0, 0.1) is 16.7 Å². The third kappa shape index (κ3) is 4.11. The lowest BCUT2D eigenvalue weighted by atomic mass is 9.63. The minimum Gasteiger partial charge on any atom is -0.389 e. The quantitative estimate of drug-likeness (QED) is 0.523. The van der Waals surface area contributed by atoms with Crippen molar-refractivity contribution in [3.63, 3.8) is 0 Å². The molecule has 2 N–H and O–H groups in total. The number of nitrogens with zero attached hydrogens (tertiary/aromatic N) is 1. The standard InChI is InChI=1S/C32H40N2O4S/c1-29(2)26-13-15-31(29,32(36,22-26)16-19-33-28(35)25-9-4-3-5-10-25)23-39(37,38)34-20-17-30(18-21-34)14-12-24-8-6-7-11-27(24)30/h3-12,14,26,36H,13,15-23H2,1-2H3,(H,33,35)/t26-,31+,32-/m1/s1. The summed E-state index contributed by atoms with van der Waals surface area (Å²) in [5.74, 6) is 0.0619. The van der Waals surface area contributed by atoms with Crippen LogP contribution in [0.25, 0.3) is 6.08 Å². The lowest BCUT2D eigenvalue weighted by Crippen LogP contribution is -2.57. The van der Waals surface area contributed by atoms with Crippen LogP contribution >= 0.6 is 0 Å². The van der Waals surface area contributed by atoms with Gasteiger partial charge in [0.15, 0.2) is 0 Å². The average molecular weight is 549 g/mol. The molecule has 4 aliphatic rings. The molecule has 2 aromatic rings. The molecule has 1 amide bonds. The van der Waals surface area contributed by atoms with Gasteiger partial charge in [-0.1, -0.05) is 68.5 Å². The topological polar surface area (TPSA) is 86.7 Å². The third-order valence-corrected chi connectivity index (χ3v) is 13.0. The number of hydrogen-bond donors (Lipinski definition) is 2. The van der Waals surface area contributed by atoms with Gasteiger partial charge in [-0.3, -0.25) is 4.79 Å². The Morgan fingerprint density at radius 3 is 2.44 bits per heavy atom. The van der Waals surface area contributed by atoms with E-state index in [0.717, 1.165) is 19.3 Å². The Kier molecular flexibility index (Phi) is 6.36. The second-order valence-corrected chi connectivity index (χ2v) is 14.8. The van der Waals surface area contributed by atoms with Crippen LogP contribution in [0.2, 0.25) is 0 Å². The molecule has 1 saturated heterocycles. The first kappa shape index (κ1) is 26.7. The van der Waals surface area contributed by atoms with Crippen molar-refractivity contribution in [2.75, 3.05) is 25.4 Å². The van der Waals surface area contributed by atoms with Crippen LogP contribution in [0.3, 0.4) is 0 Å². The molecule has 0 radical (unpaired) electrons. The second-order valence-electron chi connectivity index (χ2n) is 12.9. The summed E-state index contributed by atoms with van der Waals surface area (Å²) < 4.78 is 29.8. The Bertz CT molecular complexity index is 1390. The molecule has 2 aromatic carbocycles. The molecule has 1 heterocycles. The molecule has 3 fully saturated rings. The third-order valence-electron chi connectivity index (χ3n) is 11.0. The van der Waals surface area contributed by atoms with Crippen LogP contribution in [0.1, 0.15) is 73.9 Å². The van der Waals surface area contributed by atoms with E-state index < -0.39 is 21.0 Å². The van der Waals surface area contributed by atoms with Crippen molar-refractivity contribution in [1.29, 1.82) is 0 Å². The smallest absolute Gasteiger partial charge is 0.251 e. The SMILES string of the molecule is CC1(C)[C@@H]2CC[C@@]1(CS(=O)(=O)N1CCC3(C=Cc4ccccc43)CC1)[C@@](O)(CCNC(=O)c1ccccc1)C2. The van der Waals surface area contributed by atoms with Gasteiger partial charge >= 0.3 is 0 Å². The van der Waals surface area contributed by atoms with E-state index >= 15 is 0 Å². The highest BCUT2D eigenvalue weighted by Gasteiger charge is 2.71. The van der Waals surface area contributed by atoms with Gasteiger partial charge in [-0.05, 0) is 73.1 Å². The largest absolute Gasteiger partial charge is 0.389 e. The molecule has 0 aromatic heterocycles. The highest BCUT2D eigenvalue weighted by atomic mass is 32.2. The molecule has 3 aliphatic carbocycles. The van der Waals surface area contributed by atoms with Gasteiger partial charge in [0.05, 0.1) is 11.4 Å². The molecule has 2 bridgehead atoms. The Balaban J connectivity index is 1.17. The van der Waals surface area contributed by atoms with Crippen LogP contribution in [-0.2, 0) is 15.4 Å². The van der Waals surface area contributed by atoms with Crippen LogP contribution in [-0.4, -0.2) is 54.7 Å². The normalized spacial score (nSPS) is 30.5. The number of aliphatic hydroxyl groups is 1. The zero-order chi connectivity index (χ0) is 27.5. The predicted molar refractivity (Wildman–Crippen MR) is 154 cm³/mol. The number of piperidine rings is 1. The Morgan fingerprint density at radius 1 is 1.03 bits per heavy atom. The predicted octanol–water partition coefficient (Wildman–Crippen LogP) is 4.75. The number of carbonyl (C=O) groups is 1. The summed E-state index contributed by atoms with van der Waals surface area (Å²) in [4.78, 5) is 12.6. The number of rotatable bonds is 7. The van der Waals surface area contributed by atoms with Crippen molar-refractivity contribution < 1.29 is 18.3 Å². The number of fused-ring (bicyclic) bond motifs is 4. The van der Waals surface area contributed by atoms with Gasteiger partial charge < -0.3 is 10.4 Å². The zero-order valence-electron chi connectivity index (χ0n) is 23.0. The van der Waals surface area contributed by atoms with E-state index in [9.17, 15) is 18.3 Å². The van der Waals surface area contributed by atoms with Gasteiger partial charge in [-0.2, -0.15) is 0 Å². The van der Waals surface area contributed by atoms with Gasteiger partial charge in [0.2, 0.25) is 10.0 Å². The summed E-state index contributed by atoms with van der Waals surface area (Å²) in [6.07, 6.45) is 8.56. The van der Waals surface area contributed by atoms with Crippen LogP contribution in [0.5, 0.6) is 0 Å². The fourth-order valence-corrected chi connectivity index (χ4v) is 10.9. The maximum atomic E-state index is 14.0. The van der Waals surface area contributed by atoms with E-state index in [1.807, 2.05) is 24.3 Å². The maximum Gasteiger partial charge on any atom is 0.251 e. The Morgan fingerprint density at radius 2 is 1.72 bits per heavy atom. The fraction of sp³-hybridized carbons (Fsp3) is 0.531. The Labute approximate surface area is 232 Å². The molecule has 2 saturated carbocycles. The minimum atomic E-state index is -3.60. The number of amides is 1. The number of nitrogens with one attached hydrogen (secondary N) is 1. The van der Waals surface area contributed by atoms with E-state index in [4.69, 9.17) is 0 Å². The highest BCUT2D eigenvalue weighted by molar-refractivity contribution is 7.89. The van der Waals surface area contributed by atoms with Crippen LogP contribution < -0.4 is 5.32 Å². The van der Waals surface area contributed by atoms with Crippen molar-refractivity contribution in [3.05, 3.63) is 77.4 Å². The van der Waals surface area contributed by atoms with Crippen LogP contribution in [0.15, 0.2) is 60.7 Å². The molecule has 0 unspecified atom stereocenters.